The van der Waals surface area contributed by atoms with Crippen LogP contribution in [-0.2, 0) is 4.79 Å². The number of amides is 1. The molecule has 138 valence electrons. The molecule has 1 aromatic rings. The van der Waals surface area contributed by atoms with E-state index in [2.05, 4.69) is 22.3 Å². The minimum absolute atomic E-state index is 0.0443. The van der Waals surface area contributed by atoms with Gasteiger partial charge in [0.15, 0.2) is 0 Å². The lowest BCUT2D eigenvalue weighted by molar-refractivity contribution is -0.128. The van der Waals surface area contributed by atoms with Crippen molar-refractivity contribution in [3.05, 3.63) is 24.3 Å². The maximum absolute atomic E-state index is 12.6. The molecule has 3 N–H and O–H groups in total. The van der Waals surface area contributed by atoms with Crippen LogP contribution in [0.1, 0.15) is 39.0 Å². The van der Waals surface area contributed by atoms with Crippen molar-refractivity contribution in [2.24, 2.45) is 17.6 Å². The molecule has 0 bridgehead atoms. The maximum Gasteiger partial charge on any atom is 0.224 e. The van der Waals surface area contributed by atoms with Crippen LogP contribution in [-0.4, -0.2) is 38.2 Å². The topological polar surface area (TPSA) is 67.6 Å². The summed E-state index contributed by atoms with van der Waals surface area (Å²) in [4.78, 5) is 15.0. The van der Waals surface area contributed by atoms with Crippen molar-refractivity contribution in [1.82, 2.24) is 5.32 Å². The molecular formula is C20H31N3O2. The second-order valence-corrected chi connectivity index (χ2v) is 7.85. The number of methoxy groups -OCH3 is 1. The maximum atomic E-state index is 12.6. The molecule has 3 atom stereocenters. The van der Waals surface area contributed by atoms with Gasteiger partial charge in [0.2, 0.25) is 5.91 Å². The summed E-state index contributed by atoms with van der Waals surface area (Å²) in [7, 11) is 1.69. The van der Waals surface area contributed by atoms with Crippen molar-refractivity contribution in [2.45, 2.75) is 44.6 Å². The van der Waals surface area contributed by atoms with Crippen molar-refractivity contribution in [3.8, 4) is 5.75 Å². The fourth-order valence-corrected chi connectivity index (χ4v) is 4.20. The van der Waals surface area contributed by atoms with Crippen LogP contribution in [0.25, 0.3) is 0 Å². The lowest BCUT2D eigenvalue weighted by Crippen LogP contribution is -2.53. The number of nitrogens with two attached hydrogens (primary N) is 1. The van der Waals surface area contributed by atoms with Crippen molar-refractivity contribution in [1.29, 1.82) is 0 Å². The smallest absolute Gasteiger partial charge is 0.224 e. The third-order valence-corrected chi connectivity index (χ3v) is 5.84. The molecule has 0 aromatic heterocycles. The first kappa shape index (κ1) is 18.1. The van der Waals surface area contributed by atoms with Crippen molar-refractivity contribution >= 4 is 11.6 Å². The lowest BCUT2D eigenvalue weighted by atomic mass is 9.74. The molecule has 1 aliphatic carbocycles. The number of rotatable bonds is 5. The average Bonchev–Trinajstić information content (AvgIpc) is 3.08. The zero-order chi connectivity index (χ0) is 17.9. The number of benzene rings is 1. The Morgan fingerprint density at radius 3 is 3.00 bits per heavy atom. The number of carbonyl (C=O) groups excluding carboxylic acids is 1. The Kier molecular flexibility index (Phi) is 5.52. The fourth-order valence-electron chi connectivity index (χ4n) is 4.20. The molecule has 25 heavy (non-hydrogen) atoms. The quantitative estimate of drug-likeness (QED) is 0.861. The molecule has 1 aromatic carbocycles. The van der Waals surface area contributed by atoms with E-state index in [9.17, 15) is 4.79 Å². The largest absolute Gasteiger partial charge is 0.497 e. The molecule has 0 radical (unpaired) electrons. The van der Waals surface area contributed by atoms with Gasteiger partial charge in [-0.05, 0) is 44.2 Å². The van der Waals surface area contributed by atoms with E-state index in [1.165, 1.54) is 5.69 Å². The summed E-state index contributed by atoms with van der Waals surface area (Å²) in [5.41, 5.74) is 7.18. The Hall–Kier alpha value is -1.75. The molecular weight excluding hydrogens is 314 g/mol. The standard InChI is InChI=1S/C20H31N3O2/c1-20(21)10-4-3-8-18(20)19(24)22-13-15-9-11-23(14-15)16-6-5-7-17(12-16)25-2/h5-7,12,15,18H,3-4,8-11,13-14,21H2,1-2H3,(H,22,24). The Morgan fingerprint density at radius 1 is 1.40 bits per heavy atom. The predicted molar refractivity (Wildman–Crippen MR) is 101 cm³/mol. The van der Waals surface area contributed by atoms with Crippen molar-refractivity contribution in [3.63, 3.8) is 0 Å². The summed E-state index contributed by atoms with van der Waals surface area (Å²) < 4.78 is 5.31. The average molecular weight is 345 g/mol. The Balaban J connectivity index is 1.50. The number of carbonyl (C=O) groups is 1. The second-order valence-electron chi connectivity index (χ2n) is 7.85. The number of anilines is 1. The normalized spacial score (nSPS) is 29.5. The van der Waals surface area contributed by atoms with Gasteiger partial charge in [-0.15, -0.1) is 0 Å². The minimum Gasteiger partial charge on any atom is -0.497 e. The Morgan fingerprint density at radius 2 is 2.24 bits per heavy atom. The molecule has 2 fully saturated rings. The van der Waals surface area contributed by atoms with E-state index in [0.717, 1.165) is 57.5 Å². The van der Waals surface area contributed by atoms with Crippen molar-refractivity contribution < 1.29 is 9.53 Å². The molecule has 1 aliphatic heterocycles. The van der Waals surface area contributed by atoms with E-state index < -0.39 is 0 Å². The van der Waals surface area contributed by atoms with Gasteiger partial charge in [-0.25, -0.2) is 0 Å². The predicted octanol–water partition coefficient (Wildman–Crippen LogP) is 2.55. The van der Waals surface area contributed by atoms with Crippen LogP contribution in [0.5, 0.6) is 5.75 Å². The summed E-state index contributed by atoms with van der Waals surface area (Å²) in [6.07, 6.45) is 5.20. The molecule has 1 amide bonds. The molecule has 1 heterocycles. The first-order valence-corrected chi connectivity index (χ1v) is 9.45. The molecule has 3 rings (SSSR count). The van der Waals surface area contributed by atoms with Crippen LogP contribution in [0.4, 0.5) is 5.69 Å². The summed E-state index contributed by atoms with van der Waals surface area (Å²) in [6.45, 7) is 4.76. The first-order valence-electron chi connectivity index (χ1n) is 9.45. The molecule has 2 aliphatic rings. The highest BCUT2D eigenvalue weighted by Gasteiger charge is 2.38. The highest BCUT2D eigenvalue weighted by atomic mass is 16.5. The number of ether oxygens (including phenoxy) is 1. The van der Waals surface area contributed by atoms with E-state index in [4.69, 9.17) is 10.5 Å². The van der Waals surface area contributed by atoms with Gasteiger partial charge < -0.3 is 20.7 Å². The summed E-state index contributed by atoms with van der Waals surface area (Å²) in [5, 5.41) is 3.17. The Bertz CT molecular complexity index is 602. The Labute approximate surface area is 150 Å². The number of hydrogen-bond acceptors (Lipinski definition) is 4. The van der Waals surface area contributed by atoms with E-state index in [1.807, 2.05) is 19.1 Å². The highest BCUT2D eigenvalue weighted by Crippen LogP contribution is 2.32. The second kappa shape index (κ2) is 7.65. The third-order valence-electron chi connectivity index (χ3n) is 5.84. The fraction of sp³-hybridized carbons (Fsp3) is 0.650. The molecule has 5 nitrogen and oxygen atoms in total. The SMILES string of the molecule is COc1cccc(N2CCC(CNC(=O)C3CCCCC3(C)N)C2)c1. The van der Waals surface area contributed by atoms with Gasteiger partial charge in [0, 0.05) is 36.9 Å². The number of hydrogen-bond donors (Lipinski definition) is 2. The molecule has 3 unspecified atom stereocenters. The van der Waals surface area contributed by atoms with Gasteiger partial charge in [-0.1, -0.05) is 18.9 Å². The highest BCUT2D eigenvalue weighted by molar-refractivity contribution is 5.80. The van der Waals surface area contributed by atoms with Gasteiger partial charge in [0.25, 0.3) is 0 Å². The van der Waals surface area contributed by atoms with Gasteiger partial charge >= 0.3 is 0 Å². The van der Waals surface area contributed by atoms with E-state index in [-0.39, 0.29) is 17.4 Å². The molecule has 0 spiro atoms. The lowest BCUT2D eigenvalue weighted by Gasteiger charge is -2.37. The zero-order valence-electron chi connectivity index (χ0n) is 15.5. The summed E-state index contributed by atoms with van der Waals surface area (Å²) in [5.74, 6) is 1.47. The van der Waals surface area contributed by atoms with Crippen LogP contribution in [0.15, 0.2) is 24.3 Å². The molecule has 1 saturated heterocycles. The van der Waals surface area contributed by atoms with Gasteiger partial charge in [0.05, 0.1) is 13.0 Å². The number of nitrogens with zero attached hydrogens (tertiary/aromatic N) is 1. The summed E-state index contributed by atoms with van der Waals surface area (Å²) in [6, 6.07) is 8.17. The third kappa shape index (κ3) is 4.27. The van der Waals surface area contributed by atoms with E-state index in [0.29, 0.717) is 5.92 Å². The van der Waals surface area contributed by atoms with Crippen molar-refractivity contribution in [2.75, 3.05) is 31.6 Å². The molecule has 5 heteroatoms. The zero-order valence-corrected chi connectivity index (χ0v) is 15.5. The van der Waals surface area contributed by atoms with Crippen LogP contribution in [0.3, 0.4) is 0 Å². The minimum atomic E-state index is -0.357. The summed E-state index contributed by atoms with van der Waals surface area (Å²) >= 11 is 0. The van der Waals surface area contributed by atoms with Crippen LogP contribution < -0.4 is 20.7 Å². The van der Waals surface area contributed by atoms with Crippen LogP contribution in [0, 0.1) is 11.8 Å². The number of nitrogens with one attached hydrogen (secondary N) is 1. The van der Waals surface area contributed by atoms with Gasteiger partial charge in [-0.2, -0.15) is 0 Å². The van der Waals surface area contributed by atoms with Gasteiger partial charge in [-0.3, -0.25) is 4.79 Å². The van der Waals surface area contributed by atoms with Crippen LogP contribution >= 0.6 is 0 Å². The van der Waals surface area contributed by atoms with E-state index >= 15 is 0 Å². The van der Waals surface area contributed by atoms with Crippen LogP contribution in [0.2, 0.25) is 0 Å². The van der Waals surface area contributed by atoms with Gasteiger partial charge in [0.1, 0.15) is 5.75 Å². The molecule has 1 saturated carbocycles. The van der Waals surface area contributed by atoms with E-state index in [1.54, 1.807) is 7.11 Å². The first-order chi connectivity index (χ1) is 12.0. The monoisotopic (exact) mass is 345 g/mol.